The topological polar surface area (TPSA) is 48.7 Å². The van der Waals surface area contributed by atoms with Gasteiger partial charge in [-0.25, -0.2) is 0 Å². The molecule has 1 aliphatic rings. The molecule has 0 unspecified atom stereocenters. The average molecular weight is 369 g/mol. The second kappa shape index (κ2) is 5.92. The molecule has 0 radical (unpaired) electrons. The second-order valence-corrected chi connectivity index (χ2v) is 7.16. The van der Waals surface area contributed by atoms with Crippen LogP contribution in [0.2, 0.25) is 5.02 Å². The largest absolute Gasteiger partial charge is 0.496 e. The molecule has 0 bridgehead atoms. The zero-order valence-corrected chi connectivity index (χ0v) is 15.4. The van der Waals surface area contributed by atoms with Gasteiger partial charge < -0.3 is 13.9 Å². The van der Waals surface area contributed by atoms with Crippen LogP contribution in [0, 0.1) is 0 Å². The molecule has 3 aromatic rings. The normalized spacial score (nSPS) is 14.8. The number of rotatable bonds is 2. The Morgan fingerprint density at radius 3 is 2.69 bits per heavy atom. The highest BCUT2D eigenvalue weighted by Crippen LogP contribution is 2.41. The maximum atomic E-state index is 12.8. The van der Waals surface area contributed by atoms with E-state index in [0.29, 0.717) is 33.3 Å². The molecule has 26 heavy (non-hydrogen) atoms. The third kappa shape index (κ3) is 2.76. The standard InChI is InChI=1S/C21H17ClO4/c1-21(2)8-7-14-17(26-21)11-18(24-3)19-15(23)10-16(25-20(14)19)12-5-4-6-13(22)9-12/h4-11H,1-3H3. The third-order valence-corrected chi connectivity index (χ3v) is 4.55. The Balaban J connectivity index is 2.05. The number of methoxy groups -OCH3 is 1. The van der Waals surface area contributed by atoms with Gasteiger partial charge in [0.15, 0.2) is 11.0 Å². The van der Waals surface area contributed by atoms with Gasteiger partial charge in [0.25, 0.3) is 0 Å². The van der Waals surface area contributed by atoms with E-state index in [2.05, 4.69) is 0 Å². The van der Waals surface area contributed by atoms with Crippen molar-refractivity contribution in [3.05, 3.63) is 63.3 Å². The van der Waals surface area contributed by atoms with Crippen LogP contribution in [0.1, 0.15) is 19.4 Å². The van der Waals surface area contributed by atoms with Gasteiger partial charge in [-0.05, 0) is 38.1 Å². The molecule has 132 valence electrons. The van der Waals surface area contributed by atoms with E-state index in [1.165, 1.54) is 13.2 Å². The van der Waals surface area contributed by atoms with Crippen LogP contribution in [0.15, 0.2) is 51.7 Å². The molecule has 0 aliphatic carbocycles. The summed E-state index contributed by atoms with van der Waals surface area (Å²) >= 11 is 6.08. The van der Waals surface area contributed by atoms with Crippen LogP contribution in [0.4, 0.5) is 0 Å². The fraction of sp³-hybridized carbons (Fsp3) is 0.190. The molecule has 0 spiro atoms. The minimum absolute atomic E-state index is 0.181. The van der Waals surface area contributed by atoms with Crippen LogP contribution in [0.5, 0.6) is 11.5 Å². The van der Waals surface area contributed by atoms with Gasteiger partial charge in [-0.1, -0.05) is 23.7 Å². The zero-order valence-electron chi connectivity index (χ0n) is 14.6. The molecule has 2 aromatic carbocycles. The van der Waals surface area contributed by atoms with Crippen LogP contribution < -0.4 is 14.9 Å². The number of benzene rings is 2. The molecule has 0 amide bonds. The first kappa shape index (κ1) is 16.7. The quantitative estimate of drug-likeness (QED) is 0.615. The molecule has 2 heterocycles. The maximum Gasteiger partial charge on any atom is 0.197 e. The molecule has 0 saturated heterocycles. The van der Waals surface area contributed by atoms with Crippen molar-refractivity contribution in [2.45, 2.75) is 19.4 Å². The Morgan fingerprint density at radius 1 is 1.15 bits per heavy atom. The Bertz CT molecular complexity index is 1110. The summed E-state index contributed by atoms with van der Waals surface area (Å²) in [6, 6.07) is 10.4. The van der Waals surface area contributed by atoms with Crippen LogP contribution in [-0.4, -0.2) is 12.7 Å². The lowest BCUT2D eigenvalue weighted by Gasteiger charge is -2.28. The summed E-state index contributed by atoms with van der Waals surface area (Å²) in [7, 11) is 1.52. The highest BCUT2D eigenvalue weighted by molar-refractivity contribution is 6.30. The maximum absolute atomic E-state index is 12.8. The first-order valence-electron chi connectivity index (χ1n) is 8.21. The highest BCUT2D eigenvalue weighted by atomic mass is 35.5. The third-order valence-electron chi connectivity index (χ3n) is 4.32. The fourth-order valence-electron chi connectivity index (χ4n) is 3.09. The molecule has 1 aromatic heterocycles. The van der Waals surface area contributed by atoms with Crippen molar-refractivity contribution in [3.8, 4) is 22.8 Å². The van der Waals surface area contributed by atoms with Gasteiger partial charge in [-0.2, -0.15) is 0 Å². The summed E-state index contributed by atoms with van der Waals surface area (Å²) in [5.41, 5.74) is 1.26. The molecular formula is C21H17ClO4. The summed E-state index contributed by atoms with van der Waals surface area (Å²) < 4.78 is 17.6. The summed E-state index contributed by atoms with van der Waals surface area (Å²) in [5.74, 6) is 1.49. The van der Waals surface area contributed by atoms with Gasteiger partial charge in [0.1, 0.15) is 28.2 Å². The molecule has 0 N–H and O–H groups in total. The van der Waals surface area contributed by atoms with E-state index >= 15 is 0 Å². The van der Waals surface area contributed by atoms with Crippen molar-refractivity contribution in [3.63, 3.8) is 0 Å². The number of hydrogen-bond acceptors (Lipinski definition) is 4. The Morgan fingerprint density at radius 2 is 1.96 bits per heavy atom. The van der Waals surface area contributed by atoms with Gasteiger partial charge in [-0.15, -0.1) is 0 Å². The van der Waals surface area contributed by atoms with Gasteiger partial charge in [0.2, 0.25) is 0 Å². The van der Waals surface area contributed by atoms with Crippen LogP contribution in [0.25, 0.3) is 28.4 Å². The number of hydrogen-bond donors (Lipinski definition) is 0. The summed E-state index contributed by atoms with van der Waals surface area (Å²) in [6.07, 6.45) is 3.86. The van der Waals surface area contributed by atoms with Crippen molar-refractivity contribution in [2.24, 2.45) is 0 Å². The van der Waals surface area contributed by atoms with Gasteiger partial charge in [0, 0.05) is 22.7 Å². The van der Waals surface area contributed by atoms with Crippen LogP contribution in [0.3, 0.4) is 0 Å². The first-order valence-corrected chi connectivity index (χ1v) is 8.59. The van der Waals surface area contributed by atoms with Gasteiger partial charge in [-0.3, -0.25) is 4.79 Å². The highest BCUT2D eigenvalue weighted by Gasteiger charge is 2.26. The Hall–Kier alpha value is -2.72. The summed E-state index contributed by atoms with van der Waals surface area (Å²) in [5, 5.41) is 0.966. The molecule has 4 rings (SSSR count). The zero-order chi connectivity index (χ0) is 18.5. The lowest BCUT2D eigenvalue weighted by molar-refractivity contribution is 0.158. The monoisotopic (exact) mass is 368 g/mol. The second-order valence-electron chi connectivity index (χ2n) is 6.72. The SMILES string of the molecule is COc1cc2c(c3oc(-c4cccc(Cl)c4)cc(=O)c13)C=CC(C)(C)O2. The summed E-state index contributed by atoms with van der Waals surface area (Å²) in [6.45, 7) is 3.92. The van der Waals surface area contributed by atoms with E-state index in [0.717, 1.165) is 11.1 Å². The predicted molar refractivity (Wildman–Crippen MR) is 103 cm³/mol. The smallest absolute Gasteiger partial charge is 0.197 e. The summed E-state index contributed by atoms with van der Waals surface area (Å²) in [4.78, 5) is 12.8. The molecule has 5 heteroatoms. The molecule has 4 nitrogen and oxygen atoms in total. The van der Waals surface area contributed by atoms with E-state index < -0.39 is 5.60 Å². The average Bonchev–Trinajstić information content (AvgIpc) is 2.59. The minimum atomic E-state index is -0.448. The number of halogens is 1. The van der Waals surface area contributed by atoms with E-state index in [4.69, 9.17) is 25.5 Å². The number of fused-ring (bicyclic) bond motifs is 3. The van der Waals surface area contributed by atoms with Crippen molar-refractivity contribution in [1.29, 1.82) is 0 Å². The first-order chi connectivity index (χ1) is 12.4. The lowest BCUT2D eigenvalue weighted by atomic mass is 9.99. The predicted octanol–water partition coefficient (Wildman–Crippen LogP) is 5.31. The van der Waals surface area contributed by atoms with E-state index in [9.17, 15) is 4.79 Å². The minimum Gasteiger partial charge on any atom is -0.496 e. The molecule has 0 atom stereocenters. The van der Waals surface area contributed by atoms with E-state index in [1.807, 2.05) is 38.1 Å². The van der Waals surface area contributed by atoms with Crippen molar-refractivity contribution in [2.75, 3.05) is 7.11 Å². The van der Waals surface area contributed by atoms with Crippen LogP contribution in [-0.2, 0) is 0 Å². The van der Waals surface area contributed by atoms with Crippen molar-refractivity contribution in [1.82, 2.24) is 0 Å². The van der Waals surface area contributed by atoms with Gasteiger partial charge in [0.05, 0.1) is 12.7 Å². The van der Waals surface area contributed by atoms with Crippen molar-refractivity contribution >= 4 is 28.6 Å². The lowest BCUT2D eigenvalue weighted by Crippen LogP contribution is -2.27. The van der Waals surface area contributed by atoms with Crippen LogP contribution >= 0.6 is 11.6 Å². The number of ether oxygens (including phenoxy) is 2. The van der Waals surface area contributed by atoms with E-state index in [-0.39, 0.29) is 5.43 Å². The molecule has 1 aliphatic heterocycles. The van der Waals surface area contributed by atoms with E-state index in [1.54, 1.807) is 18.2 Å². The molecular weight excluding hydrogens is 352 g/mol. The Kier molecular flexibility index (Phi) is 3.81. The molecule has 0 saturated carbocycles. The molecule has 0 fully saturated rings. The fourth-order valence-corrected chi connectivity index (χ4v) is 3.28. The Labute approximate surface area is 155 Å². The van der Waals surface area contributed by atoms with Gasteiger partial charge >= 0.3 is 0 Å². The van der Waals surface area contributed by atoms with Crippen molar-refractivity contribution < 1.29 is 13.9 Å².